The normalized spacial score (nSPS) is 11.5. The maximum atomic E-state index is 12.5. The number of aromatic nitrogens is 1. The number of anilines is 1. The predicted octanol–water partition coefficient (Wildman–Crippen LogP) is 4.39. The van der Waals surface area contributed by atoms with E-state index in [2.05, 4.69) is 25.4 Å². The van der Waals surface area contributed by atoms with Crippen LogP contribution in [0.1, 0.15) is 39.6 Å². The van der Waals surface area contributed by atoms with Crippen LogP contribution in [0.4, 0.5) is 16.5 Å². The molecule has 0 saturated heterocycles. The van der Waals surface area contributed by atoms with Gasteiger partial charge in [-0.15, -0.1) is 5.11 Å². The zero-order valence-corrected chi connectivity index (χ0v) is 17.5. The van der Waals surface area contributed by atoms with E-state index in [9.17, 15) is 24.6 Å². The number of hydrogen-bond donors (Lipinski definition) is 3. The predicted molar refractivity (Wildman–Crippen MR) is 111 cm³/mol. The molecule has 11 nitrogen and oxygen atoms in total. The quantitative estimate of drug-likeness (QED) is 0.188. The van der Waals surface area contributed by atoms with Crippen molar-refractivity contribution in [1.29, 1.82) is 0 Å². The van der Waals surface area contributed by atoms with Gasteiger partial charge in [0.1, 0.15) is 10.6 Å². The molecule has 12 heteroatoms. The number of nitrogens with one attached hydrogen (secondary N) is 1. The van der Waals surface area contributed by atoms with Gasteiger partial charge in [-0.2, -0.15) is 5.11 Å². The van der Waals surface area contributed by atoms with E-state index in [1.807, 2.05) is 0 Å². The number of carboxylic acids is 1. The van der Waals surface area contributed by atoms with E-state index in [4.69, 9.17) is 11.3 Å². The Morgan fingerprint density at radius 3 is 2.61 bits per heavy atom. The third kappa shape index (κ3) is 5.71. The summed E-state index contributed by atoms with van der Waals surface area (Å²) in [5.74, 6) is -3.25. The zero-order chi connectivity index (χ0) is 23.1. The Labute approximate surface area is 180 Å². The van der Waals surface area contributed by atoms with Crippen LogP contribution in [0.25, 0.3) is 4.85 Å². The van der Waals surface area contributed by atoms with Gasteiger partial charge in [0.05, 0.1) is 30.1 Å². The summed E-state index contributed by atoms with van der Waals surface area (Å²) in [7, 11) is 0. The summed E-state index contributed by atoms with van der Waals surface area (Å²) >= 11 is 0.886. The average Bonchev–Trinajstić information content (AvgIpc) is 3.07. The highest BCUT2D eigenvalue weighted by molar-refractivity contribution is 7.17. The SMILES string of the molecule is [C-]#[N+]c1ccc(C(=O)O)c(N=NC(C(=O)Nc2nc(C)c(C(=O)OCC)s2)=C(C)O)c1. The standard InChI is InChI=1S/C19H17N5O6S/c1-5-30-18(29)15-9(2)21-19(31-15)22-16(26)14(10(3)25)24-23-13-8-11(20-4)6-7-12(13)17(27)28/h6-8,25H,5H2,1-3H3,(H,27,28)(H,21,22,26). The van der Waals surface area contributed by atoms with Gasteiger partial charge in [0.25, 0.3) is 5.91 Å². The van der Waals surface area contributed by atoms with Crippen LogP contribution < -0.4 is 5.32 Å². The van der Waals surface area contributed by atoms with E-state index in [0.29, 0.717) is 5.69 Å². The van der Waals surface area contributed by atoms with Gasteiger partial charge >= 0.3 is 11.9 Å². The van der Waals surface area contributed by atoms with Crippen molar-refractivity contribution in [1.82, 2.24) is 4.98 Å². The first kappa shape index (κ1) is 23.2. The summed E-state index contributed by atoms with van der Waals surface area (Å²) in [5.41, 5.74) is -0.424. The number of carbonyl (C=O) groups excluding carboxylic acids is 2. The van der Waals surface area contributed by atoms with Gasteiger partial charge in [-0.25, -0.2) is 19.4 Å². The molecule has 3 N–H and O–H groups in total. The number of aryl methyl sites for hydroxylation is 1. The number of rotatable bonds is 7. The molecule has 1 amide bonds. The lowest BCUT2D eigenvalue weighted by molar-refractivity contribution is -0.113. The number of benzene rings is 1. The number of carbonyl (C=O) groups is 3. The molecule has 1 aromatic carbocycles. The number of nitrogens with zero attached hydrogens (tertiary/aromatic N) is 4. The number of amides is 1. The minimum atomic E-state index is -1.30. The molecule has 0 fully saturated rings. The lowest BCUT2D eigenvalue weighted by atomic mass is 10.1. The second-order valence-electron chi connectivity index (χ2n) is 5.86. The minimum Gasteiger partial charge on any atom is -0.510 e. The van der Waals surface area contributed by atoms with Gasteiger partial charge in [-0.3, -0.25) is 10.1 Å². The van der Waals surface area contributed by atoms with E-state index < -0.39 is 29.3 Å². The number of carboxylic acid groups (broad SMARTS) is 1. The lowest BCUT2D eigenvalue weighted by Crippen LogP contribution is -2.14. The van der Waals surface area contributed by atoms with Crippen LogP contribution in [0, 0.1) is 13.5 Å². The Kier molecular flexibility index (Phi) is 7.53. The van der Waals surface area contributed by atoms with E-state index in [-0.39, 0.29) is 33.6 Å². The Balaban J connectivity index is 2.31. The van der Waals surface area contributed by atoms with Crippen molar-refractivity contribution in [3.63, 3.8) is 0 Å². The largest absolute Gasteiger partial charge is 0.510 e. The van der Waals surface area contributed by atoms with Crippen molar-refractivity contribution in [2.75, 3.05) is 11.9 Å². The first-order valence-electron chi connectivity index (χ1n) is 8.70. The van der Waals surface area contributed by atoms with Crippen LogP contribution >= 0.6 is 11.3 Å². The van der Waals surface area contributed by atoms with Gasteiger partial charge in [-0.1, -0.05) is 23.5 Å². The van der Waals surface area contributed by atoms with Crippen molar-refractivity contribution in [2.45, 2.75) is 20.8 Å². The number of aliphatic hydroxyl groups excluding tert-OH is 1. The summed E-state index contributed by atoms with van der Waals surface area (Å²) in [6, 6.07) is 3.69. The van der Waals surface area contributed by atoms with Gasteiger partial charge in [0.2, 0.25) is 0 Å². The Hall–Kier alpha value is -4.11. The van der Waals surface area contributed by atoms with Crippen LogP contribution in [0.5, 0.6) is 0 Å². The van der Waals surface area contributed by atoms with Gasteiger partial charge in [-0.05, 0) is 26.8 Å². The maximum absolute atomic E-state index is 12.5. The zero-order valence-electron chi connectivity index (χ0n) is 16.7. The summed E-state index contributed by atoms with van der Waals surface area (Å²) in [5, 5.41) is 29.0. The number of allylic oxidation sites excluding steroid dienone is 1. The molecule has 0 atom stereocenters. The van der Waals surface area contributed by atoms with Gasteiger partial charge in [0, 0.05) is 0 Å². The Morgan fingerprint density at radius 1 is 1.32 bits per heavy atom. The highest BCUT2D eigenvalue weighted by Gasteiger charge is 2.20. The third-order valence-corrected chi connectivity index (χ3v) is 4.69. The topological polar surface area (TPSA) is 155 Å². The Bertz CT molecular complexity index is 1140. The average molecular weight is 443 g/mol. The molecule has 0 aliphatic heterocycles. The fourth-order valence-corrected chi connectivity index (χ4v) is 3.09. The van der Waals surface area contributed by atoms with Crippen molar-refractivity contribution >= 4 is 45.7 Å². The van der Waals surface area contributed by atoms with E-state index in [1.165, 1.54) is 25.1 Å². The number of esters is 1. The van der Waals surface area contributed by atoms with Crippen LogP contribution in [-0.4, -0.2) is 39.6 Å². The van der Waals surface area contributed by atoms with Gasteiger partial charge in [0.15, 0.2) is 16.5 Å². The lowest BCUT2D eigenvalue weighted by Gasteiger charge is -2.04. The molecule has 1 heterocycles. The van der Waals surface area contributed by atoms with Crippen LogP contribution in [0.2, 0.25) is 0 Å². The first-order chi connectivity index (χ1) is 14.7. The number of aromatic carboxylic acids is 1. The number of thiazole rings is 1. The number of aliphatic hydroxyl groups is 1. The fourth-order valence-electron chi connectivity index (χ4n) is 2.23. The molecule has 0 aliphatic carbocycles. The molecule has 0 bridgehead atoms. The smallest absolute Gasteiger partial charge is 0.350 e. The van der Waals surface area contributed by atoms with E-state index in [1.54, 1.807) is 13.8 Å². The first-order valence-corrected chi connectivity index (χ1v) is 9.51. The summed E-state index contributed by atoms with van der Waals surface area (Å²) in [4.78, 5) is 43.3. The molecule has 2 aromatic rings. The van der Waals surface area contributed by atoms with Crippen LogP contribution in [0.3, 0.4) is 0 Å². The molecule has 2 rings (SSSR count). The summed E-state index contributed by atoms with van der Waals surface area (Å²) in [6.45, 7) is 11.6. The highest BCUT2D eigenvalue weighted by Crippen LogP contribution is 2.28. The van der Waals surface area contributed by atoms with Crippen molar-refractivity contribution < 1.29 is 29.3 Å². The molecule has 31 heavy (non-hydrogen) atoms. The van der Waals surface area contributed by atoms with E-state index in [0.717, 1.165) is 11.3 Å². The second-order valence-corrected chi connectivity index (χ2v) is 6.86. The monoisotopic (exact) mass is 443 g/mol. The molecule has 160 valence electrons. The fraction of sp³-hybridized carbons (Fsp3) is 0.211. The maximum Gasteiger partial charge on any atom is 0.350 e. The molecule has 0 radical (unpaired) electrons. The molecule has 0 aliphatic rings. The van der Waals surface area contributed by atoms with Crippen molar-refractivity contribution in [3.05, 3.63) is 57.2 Å². The van der Waals surface area contributed by atoms with Crippen LogP contribution in [0.15, 0.2) is 39.9 Å². The molecular formula is C19H17N5O6S. The number of hydrogen-bond acceptors (Lipinski definition) is 9. The van der Waals surface area contributed by atoms with Crippen molar-refractivity contribution in [3.8, 4) is 0 Å². The third-order valence-electron chi connectivity index (χ3n) is 3.63. The second kappa shape index (κ2) is 10.1. The summed E-state index contributed by atoms with van der Waals surface area (Å²) in [6.07, 6.45) is 0. The van der Waals surface area contributed by atoms with Crippen molar-refractivity contribution in [2.24, 2.45) is 10.2 Å². The highest BCUT2D eigenvalue weighted by atomic mass is 32.1. The minimum absolute atomic E-state index is 0.0701. The van der Waals surface area contributed by atoms with Gasteiger partial charge < -0.3 is 14.9 Å². The Morgan fingerprint density at radius 2 is 2.03 bits per heavy atom. The molecule has 1 aromatic heterocycles. The molecule has 0 spiro atoms. The van der Waals surface area contributed by atoms with Crippen LogP contribution in [-0.2, 0) is 9.53 Å². The number of ether oxygens (including phenoxy) is 1. The summed E-state index contributed by atoms with van der Waals surface area (Å²) < 4.78 is 4.92. The molecule has 0 saturated carbocycles. The van der Waals surface area contributed by atoms with E-state index >= 15 is 0 Å². The molecule has 0 unspecified atom stereocenters. The molecular weight excluding hydrogens is 426 g/mol. The number of azo groups is 1.